The van der Waals surface area contributed by atoms with Crippen LogP contribution in [-0.4, -0.2) is 48.8 Å². The number of fused-ring (bicyclic) bond motifs is 1. The van der Waals surface area contributed by atoms with Crippen LogP contribution in [0.4, 0.5) is 11.4 Å². The Hall–Kier alpha value is -1.45. The highest BCUT2D eigenvalue weighted by Gasteiger charge is 2.47. The average Bonchev–Trinajstić information content (AvgIpc) is 3.14. The van der Waals surface area contributed by atoms with Crippen LogP contribution in [-0.2, 0) is 14.6 Å². The number of amidine groups is 1. The second kappa shape index (κ2) is 8.83. The molecular weight excluding hydrogens is 501 g/mol. The number of carbonyl (C=O) groups excluding carboxylic acids is 1. The standard InChI is InChI=1S/C20H18Cl3N3O3S2/c1-11-15(23)3-2-4-16(11)24-19(27)8-30-20-25-17-9-31(28,29)10-18(17)26(20)14-6-12(21)5-13(22)7-14/h2-7,17-18H,8-10H2,1H3,(H,24,27)/t17-,18+/m0/s1. The minimum Gasteiger partial charge on any atom is -0.325 e. The van der Waals surface area contributed by atoms with Crippen molar-refractivity contribution in [3.8, 4) is 0 Å². The molecule has 0 saturated carbocycles. The van der Waals surface area contributed by atoms with Crippen molar-refractivity contribution in [3.63, 3.8) is 0 Å². The van der Waals surface area contributed by atoms with E-state index < -0.39 is 9.84 Å². The zero-order chi connectivity index (χ0) is 22.3. The van der Waals surface area contributed by atoms with E-state index in [-0.39, 0.29) is 35.2 Å². The maximum absolute atomic E-state index is 12.5. The number of rotatable bonds is 4. The zero-order valence-electron chi connectivity index (χ0n) is 16.3. The van der Waals surface area contributed by atoms with Gasteiger partial charge >= 0.3 is 0 Å². The van der Waals surface area contributed by atoms with Gasteiger partial charge in [0.05, 0.1) is 29.3 Å². The Balaban J connectivity index is 1.54. The number of nitrogens with zero attached hydrogens (tertiary/aromatic N) is 2. The molecule has 0 radical (unpaired) electrons. The first-order valence-electron chi connectivity index (χ1n) is 9.34. The molecule has 2 heterocycles. The van der Waals surface area contributed by atoms with Crippen molar-refractivity contribution < 1.29 is 13.2 Å². The number of amides is 1. The summed E-state index contributed by atoms with van der Waals surface area (Å²) in [6.45, 7) is 1.83. The molecule has 1 saturated heterocycles. The summed E-state index contributed by atoms with van der Waals surface area (Å²) in [4.78, 5) is 19.0. The Morgan fingerprint density at radius 2 is 1.90 bits per heavy atom. The Morgan fingerprint density at radius 1 is 1.19 bits per heavy atom. The topological polar surface area (TPSA) is 78.8 Å². The molecule has 31 heavy (non-hydrogen) atoms. The van der Waals surface area contributed by atoms with Gasteiger partial charge in [0.1, 0.15) is 0 Å². The summed E-state index contributed by atoms with van der Waals surface area (Å²) in [5.41, 5.74) is 2.09. The van der Waals surface area contributed by atoms with Crippen molar-refractivity contribution in [2.24, 2.45) is 4.99 Å². The maximum atomic E-state index is 12.5. The molecule has 4 rings (SSSR count). The smallest absolute Gasteiger partial charge is 0.234 e. The molecule has 2 aromatic carbocycles. The lowest BCUT2D eigenvalue weighted by Gasteiger charge is -2.26. The number of benzene rings is 2. The van der Waals surface area contributed by atoms with Gasteiger partial charge in [-0.3, -0.25) is 9.79 Å². The number of aliphatic imine (C=N–C) groups is 1. The van der Waals surface area contributed by atoms with Gasteiger partial charge in [-0.2, -0.15) is 0 Å². The van der Waals surface area contributed by atoms with Crippen LogP contribution in [0.15, 0.2) is 41.4 Å². The summed E-state index contributed by atoms with van der Waals surface area (Å²) in [5.74, 6) is -0.141. The molecule has 2 aromatic rings. The molecule has 1 fully saturated rings. The van der Waals surface area contributed by atoms with E-state index in [2.05, 4.69) is 10.3 Å². The van der Waals surface area contributed by atoms with Crippen molar-refractivity contribution >= 4 is 78.9 Å². The van der Waals surface area contributed by atoms with Gasteiger partial charge in [-0.05, 0) is 42.8 Å². The predicted molar refractivity (Wildman–Crippen MR) is 130 cm³/mol. The molecule has 2 aliphatic rings. The number of sulfone groups is 1. The van der Waals surface area contributed by atoms with Crippen LogP contribution in [0.3, 0.4) is 0 Å². The van der Waals surface area contributed by atoms with Crippen LogP contribution in [0, 0.1) is 6.92 Å². The van der Waals surface area contributed by atoms with E-state index in [4.69, 9.17) is 34.8 Å². The number of hydrogen-bond acceptors (Lipinski definition) is 6. The van der Waals surface area contributed by atoms with Crippen molar-refractivity contribution in [2.75, 3.05) is 27.5 Å². The fourth-order valence-electron chi connectivity index (χ4n) is 3.67. The van der Waals surface area contributed by atoms with Crippen LogP contribution in [0.5, 0.6) is 0 Å². The third kappa shape index (κ3) is 4.98. The van der Waals surface area contributed by atoms with Gasteiger partial charge in [-0.15, -0.1) is 0 Å². The number of halogens is 3. The quantitative estimate of drug-likeness (QED) is 0.636. The first kappa shape index (κ1) is 22.7. The number of thioether (sulfide) groups is 1. The van der Waals surface area contributed by atoms with E-state index >= 15 is 0 Å². The Kier molecular flexibility index (Phi) is 6.47. The Bertz CT molecular complexity index is 1170. The second-order valence-corrected chi connectivity index (χ2v) is 11.7. The molecule has 2 atom stereocenters. The average molecular weight is 519 g/mol. The number of carbonyl (C=O) groups is 1. The number of anilines is 2. The monoisotopic (exact) mass is 517 g/mol. The van der Waals surface area contributed by atoms with E-state index in [1.54, 1.807) is 36.4 Å². The van der Waals surface area contributed by atoms with Crippen LogP contribution in [0.25, 0.3) is 0 Å². The van der Waals surface area contributed by atoms with Gasteiger partial charge in [-0.1, -0.05) is 52.6 Å². The normalized spacial score (nSPS) is 21.7. The molecule has 1 amide bonds. The highest BCUT2D eigenvalue weighted by molar-refractivity contribution is 8.14. The lowest BCUT2D eigenvalue weighted by atomic mass is 10.1. The fourth-order valence-corrected chi connectivity index (χ4v) is 7.13. The lowest BCUT2D eigenvalue weighted by Crippen LogP contribution is -2.39. The van der Waals surface area contributed by atoms with Crippen molar-refractivity contribution in [1.82, 2.24) is 0 Å². The van der Waals surface area contributed by atoms with Gasteiger partial charge in [0, 0.05) is 26.4 Å². The van der Waals surface area contributed by atoms with Crippen LogP contribution >= 0.6 is 46.6 Å². The van der Waals surface area contributed by atoms with E-state index in [1.165, 1.54) is 11.8 Å². The molecule has 2 aliphatic heterocycles. The summed E-state index contributed by atoms with van der Waals surface area (Å²) in [7, 11) is -3.19. The third-order valence-corrected chi connectivity index (χ3v) is 8.62. The summed E-state index contributed by atoms with van der Waals surface area (Å²) in [5, 5.41) is 4.87. The molecular formula is C20H18Cl3N3O3S2. The molecule has 0 spiro atoms. The molecule has 0 aromatic heterocycles. The predicted octanol–water partition coefficient (Wildman–Crippen LogP) is 4.67. The zero-order valence-corrected chi connectivity index (χ0v) is 20.2. The van der Waals surface area contributed by atoms with Gasteiger partial charge in [-0.25, -0.2) is 8.42 Å². The van der Waals surface area contributed by atoms with Crippen LogP contribution < -0.4 is 10.2 Å². The fraction of sp³-hybridized carbons (Fsp3) is 0.300. The second-order valence-electron chi connectivity index (χ2n) is 7.37. The van der Waals surface area contributed by atoms with E-state index in [1.807, 2.05) is 11.8 Å². The molecule has 11 heteroatoms. The third-order valence-electron chi connectivity index (χ3n) is 5.11. The SMILES string of the molecule is Cc1c(Cl)cccc1NC(=O)CSC1=N[C@H]2CS(=O)(=O)C[C@H]2N1c1cc(Cl)cc(Cl)c1. The molecule has 0 bridgehead atoms. The summed E-state index contributed by atoms with van der Waals surface area (Å²) >= 11 is 19.7. The molecule has 1 N–H and O–H groups in total. The summed E-state index contributed by atoms with van der Waals surface area (Å²) in [6, 6.07) is 9.62. The molecule has 0 aliphatic carbocycles. The summed E-state index contributed by atoms with van der Waals surface area (Å²) in [6.07, 6.45) is 0. The minimum absolute atomic E-state index is 0.0107. The maximum Gasteiger partial charge on any atom is 0.234 e. The summed E-state index contributed by atoms with van der Waals surface area (Å²) < 4.78 is 24.3. The van der Waals surface area contributed by atoms with Crippen LogP contribution in [0.1, 0.15) is 5.56 Å². The van der Waals surface area contributed by atoms with Gasteiger partial charge < -0.3 is 10.2 Å². The molecule has 6 nitrogen and oxygen atoms in total. The lowest BCUT2D eigenvalue weighted by molar-refractivity contribution is -0.113. The minimum atomic E-state index is -3.19. The van der Waals surface area contributed by atoms with Crippen molar-refractivity contribution in [2.45, 2.75) is 19.0 Å². The highest BCUT2D eigenvalue weighted by atomic mass is 35.5. The van der Waals surface area contributed by atoms with Crippen molar-refractivity contribution in [1.29, 1.82) is 0 Å². The Morgan fingerprint density at radius 3 is 2.61 bits per heavy atom. The van der Waals surface area contributed by atoms with Gasteiger partial charge in [0.15, 0.2) is 15.0 Å². The first-order chi connectivity index (χ1) is 14.6. The van der Waals surface area contributed by atoms with Crippen molar-refractivity contribution in [3.05, 3.63) is 57.0 Å². The molecule has 0 unspecified atom stereocenters. The first-order valence-corrected chi connectivity index (χ1v) is 13.3. The number of hydrogen-bond donors (Lipinski definition) is 1. The van der Waals surface area contributed by atoms with E-state index in [0.717, 1.165) is 5.56 Å². The van der Waals surface area contributed by atoms with E-state index in [0.29, 0.717) is 31.6 Å². The molecule has 164 valence electrons. The largest absolute Gasteiger partial charge is 0.325 e. The Labute approximate surface area is 199 Å². The van der Waals surface area contributed by atoms with Gasteiger partial charge in [0.2, 0.25) is 5.91 Å². The van der Waals surface area contributed by atoms with Crippen LogP contribution in [0.2, 0.25) is 15.1 Å². The highest BCUT2D eigenvalue weighted by Crippen LogP contribution is 2.37. The number of nitrogens with one attached hydrogen (secondary N) is 1. The van der Waals surface area contributed by atoms with Gasteiger partial charge in [0.25, 0.3) is 0 Å². The van der Waals surface area contributed by atoms with E-state index in [9.17, 15) is 13.2 Å².